The molecular weight excluding hydrogens is 492 g/mol. The van der Waals surface area contributed by atoms with Crippen molar-refractivity contribution in [3.05, 3.63) is 77.4 Å². The predicted octanol–water partition coefficient (Wildman–Crippen LogP) is 5.89. The third kappa shape index (κ3) is 7.30. The summed E-state index contributed by atoms with van der Waals surface area (Å²) in [5, 5.41) is 11.4. The summed E-state index contributed by atoms with van der Waals surface area (Å²) >= 11 is 0. The van der Waals surface area contributed by atoms with Gasteiger partial charge in [0.25, 0.3) is 11.7 Å². The minimum absolute atomic E-state index is 0.0929. The number of aliphatic hydroxyl groups is 1. The Labute approximate surface area is 232 Å². The number of rotatable bonds is 15. The van der Waals surface area contributed by atoms with Crippen molar-refractivity contribution in [2.45, 2.75) is 53.0 Å². The first kappa shape index (κ1) is 30.0. The lowest BCUT2D eigenvalue weighted by Crippen LogP contribution is -2.38. The zero-order valence-electron chi connectivity index (χ0n) is 23.7. The average Bonchev–Trinajstić information content (AvgIpc) is 3.20. The van der Waals surface area contributed by atoms with Crippen molar-refractivity contribution in [3.8, 4) is 11.5 Å². The number of aryl methyl sites for hydroxylation is 1. The van der Waals surface area contributed by atoms with Crippen molar-refractivity contribution in [2.75, 3.05) is 39.4 Å². The highest BCUT2D eigenvalue weighted by Crippen LogP contribution is 2.40. The summed E-state index contributed by atoms with van der Waals surface area (Å²) in [6, 6.07) is 12.0. The van der Waals surface area contributed by atoms with E-state index in [9.17, 15) is 14.7 Å². The van der Waals surface area contributed by atoms with Crippen LogP contribution in [-0.4, -0.2) is 66.0 Å². The molecule has 1 heterocycles. The highest BCUT2D eigenvalue weighted by molar-refractivity contribution is 6.46. The molecule has 1 aliphatic heterocycles. The number of ether oxygens (including phenoxy) is 2. The second kappa shape index (κ2) is 14.5. The van der Waals surface area contributed by atoms with E-state index in [0.717, 1.165) is 49.2 Å². The molecular formula is C32H42N2O5. The smallest absolute Gasteiger partial charge is 0.295 e. The van der Waals surface area contributed by atoms with E-state index in [1.54, 1.807) is 29.2 Å². The van der Waals surface area contributed by atoms with E-state index in [-0.39, 0.29) is 11.3 Å². The van der Waals surface area contributed by atoms with Crippen LogP contribution in [0.25, 0.3) is 5.76 Å². The van der Waals surface area contributed by atoms with Crippen LogP contribution in [-0.2, 0) is 9.59 Å². The van der Waals surface area contributed by atoms with Crippen molar-refractivity contribution >= 4 is 17.4 Å². The molecule has 0 aromatic heterocycles. The molecule has 210 valence electrons. The number of carbonyl (C=O) groups is 2. The normalized spacial score (nSPS) is 16.6. The van der Waals surface area contributed by atoms with E-state index in [4.69, 9.17) is 9.47 Å². The lowest BCUT2D eigenvalue weighted by Gasteiger charge is -2.28. The van der Waals surface area contributed by atoms with Crippen molar-refractivity contribution in [3.63, 3.8) is 0 Å². The first-order valence-electron chi connectivity index (χ1n) is 13.9. The molecule has 0 saturated carbocycles. The number of benzene rings is 2. The van der Waals surface area contributed by atoms with Gasteiger partial charge in [0.15, 0.2) is 0 Å². The van der Waals surface area contributed by atoms with Gasteiger partial charge in [-0.15, -0.1) is 0 Å². The van der Waals surface area contributed by atoms with Gasteiger partial charge in [-0.1, -0.05) is 58.4 Å². The van der Waals surface area contributed by atoms with Gasteiger partial charge in [-0.05, 0) is 67.9 Å². The summed E-state index contributed by atoms with van der Waals surface area (Å²) in [6.07, 6.45) is 4.88. The topological polar surface area (TPSA) is 79.3 Å². The molecule has 0 aliphatic carbocycles. The minimum Gasteiger partial charge on any atom is -0.507 e. The van der Waals surface area contributed by atoms with Crippen LogP contribution in [0.3, 0.4) is 0 Å². The standard InChI is InChI=1S/C32H42N2O5/c1-6-10-11-21-38-26-15-12-24(13-16-26)29-28(31(36)32(37)34(29)19-18-33(8-3)9-4)30(35)25-14-17-27(23(5)22-25)39-20-7-2/h7,12-17,22,29,35H,2,6,8-11,18-21H2,1,3-5H3/b30-28+. The van der Waals surface area contributed by atoms with Gasteiger partial charge in [0, 0.05) is 18.7 Å². The molecule has 39 heavy (non-hydrogen) atoms. The van der Waals surface area contributed by atoms with E-state index in [1.165, 1.54) is 0 Å². The highest BCUT2D eigenvalue weighted by Gasteiger charge is 2.46. The molecule has 1 aliphatic rings. The number of carbonyl (C=O) groups excluding carboxylic acids is 2. The number of unbranched alkanes of at least 4 members (excludes halogenated alkanes) is 2. The van der Waals surface area contributed by atoms with Gasteiger partial charge in [-0.3, -0.25) is 9.59 Å². The molecule has 1 unspecified atom stereocenters. The summed E-state index contributed by atoms with van der Waals surface area (Å²) in [6.45, 7) is 15.5. The molecule has 0 spiro atoms. The molecule has 2 aromatic rings. The molecule has 7 heteroatoms. The fourth-order valence-electron chi connectivity index (χ4n) is 4.80. The highest BCUT2D eigenvalue weighted by atomic mass is 16.5. The maximum absolute atomic E-state index is 13.4. The number of likely N-dealkylation sites (N-methyl/N-ethyl adjacent to an activating group) is 1. The Bertz CT molecular complexity index is 1170. The number of Topliss-reactive ketones (excluding diaryl/α,β-unsaturated/α-hetero) is 1. The van der Waals surface area contributed by atoms with Crippen molar-refractivity contribution in [1.29, 1.82) is 0 Å². The van der Waals surface area contributed by atoms with Gasteiger partial charge in [-0.2, -0.15) is 0 Å². The molecule has 7 nitrogen and oxygen atoms in total. The number of hydrogen-bond acceptors (Lipinski definition) is 6. The molecule has 1 fully saturated rings. The number of hydrogen-bond donors (Lipinski definition) is 1. The summed E-state index contributed by atoms with van der Waals surface area (Å²) in [7, 11) is 0. The number of ketones is 1. The van der Waals surface area contributed by atoms with Gasteiger partial charge in [-0.25, -0.2) is 0 Å². The third-order valence-corrected chi connectivity index (χ3v) is 7.11. The quantitative estimate of drug-likeness (QED) is 0.101. The van der Waals surface area contributed by atoms with E-state index in [2.05, 4.69) is 32.3 Å². The molecule has 3 rings (SSSR count). The fourth-order valence-corrected chi connectivity index (χ4v) is 4.80. The molecule has 1 amide bonds. The Kier molecular flexibility index (Phi) is 11.2. The fraction of sp³-hybridized carbons (Fsp3) is 0.438. The van der Waals surface area contributed by atoms with Crippen molar-refractivity contribution in [1.82, 2.24) is 9.80 Å². The van der Waals surface area contributed by atoms with Crippen LogP contribution in [0.5, 0.6) is 11.5 Å². The second-order valence-electron chi connectivity index (χ2n) is 9.72. The summed E-state index contributed by atoms with van der Waals surface area (Å²) in [5.41, 5.74) is 2.10. The van der Waals surface area contributed by atoms with E-state index < -0.39 is 17.7 Å². The largest absolute Gasteiger partial charge is 0.507 e. The van der Waals surface area contributed by atoms with Crippen LogP contribution in [0.2, 0.25) is 0 Å². The Balaban J connectivity index is 2.00. The van der Waals surface area contributed by atoms with Crippen molar-refractivity contribution in [2.24, 2.45) is 0 Å². The monoisotopic (exact) mass is 534 g/mol. The Morgan fingerprint density at radius 1 is 1.05 bits per heavy atom. The molecule has 1 atom stereocenters. The Hall–Kier alpha value is -3.58. The zero-order valence-corrected chi connectivity index (χ0v) is 23.7. The van der Waals surface area contributed by atoms with E-state index >= 15 is 0 Å². The van der Waals surface area contributed by atoms with Gasteiger partial charge in [0.05, 0.1) is 18.2 Å². The molecule has 2 aromatic carbocycles. The number of amides is 1. The predicted molar refractivity (Wildman–Crippen MR) is 155 cm³/mol. The van der Waals surface area contributed by atoms with Crippen LogP contribution in [0, 0.1) is 6.92 Å². The van der Waals surface area contributed by atoms with Crippen LogP contribution < -0.4 is 9.47 Å². The number of nitrogens with zero attached hydrogens (tertiary/aromatic N) is 2. The minimum atomic E-state index is -0.702. The van der Waals surface area contributed by atoms with Gasteiger partial charge < -0.3 is 24.4 Å². The number of aliphatic hydroxyl groups excluding tert-OH is 1. The maximum atomic E-state index is 13.4. The Morgan fingerprint density at radius 2 is 1.77 bits per heavy atom. The summed E-state index contributed by atoms with van der Waals surface area (Å²) in [4.78, 5) is 30.5. The first-order valence-corrected chi connectivity index (χ1v) is 13.9. The zero-order chi connectivity index (χ0) is 28.4. The lowest BCUT2D eigenvalue weighted by molar-refractivity contribution is -0.140. The summed E-state index contributed by atoms with van der Waals surface area (Å²) in [5.74, 6) is -0.0716. The van der Waals surface area contributed by atoms with Gasteiger partial charge >= 0.3 is 0 Å². The third-order valence-electron chi connectivity index (χ3n) is 7.11. The first-order chi connectivity index (χ1) is 18.9. The summed E-state index contributed by atoms with van der Waals surface area (Å²) < 4.78 is 11.5. The van der Waals surface area contributed by atoms with E-state index in [1.807, 2.05) is 31.2 Å². The lowest BCUT2D eigenvalue weighted by atomic mass is 9.94. The van der Waals surface area contributed by atoms with Crippen molar-refractivity contribution < 1.29 is 24.2 Å². The SMILES string of the molecule is C=CCOc1ccc(/C(O)=C2\C(=O)C(=O)N(CCN(CC)CC)C2c2ccc(OCCCCC)cc2)cc1C. The number of likely N-dealkylation sites (tertiary alicyclic amines) is 1. The molecule has 0 bridgehead atoms. The molecule has 1 N–H and O–H groups in total. The van der Waals surface area contributed by atoms with Crippen LogP contribution in [0.4, 0.5) is 0 Å². The van der Waals surface area contributed by atoms with Crippen LogP contribution in [0.15, 0.2) is 60.7 Å². The van der Waals surface area contributed by atoms with Gasteiger partial charge in [0.1, 0.15) is 23.9 Å². The van der Waals surface area contributed by atoms with Gasteiger partial charge in [0.2, 0.25) is 0 Å². The second-order valence-corrected chi connectivity index (χ2v) is 9.72. The van der Waals surface area contributed by atoms with Crippen LogP contribution in [0.1, 0.15) is 62.8 Å². The molecule has 0 radical (unpaired) electrons. The molecule has 1 saturated heterocycles. The average molecular weight is 535 g/mol. The van der Waals surface area contributed by atoms with E-state index in [0.29, 0.717) is 37.6 Å². The van der Waals surface area contributed by atoms with Crippen LogP contribution >= 0.6 is 0 Å². The maximum Gasteiger partial charge on any atom is 0.295 e. The Morgan fingerprint density at radius 3 is 2.38 bits per heavy atom.